The predicted octanol–water partition coefficient (Wildman–Crippen LogP) is 8.73. The molecule has 2 saturated carbocycles. The van der Waals surface area contributed by atoms with Gasteiger partial charge in [0.2, 0.25) is 5.60 Å². The second-order valence-corrected chi connectivity index (χ2v) is 12.8. The van der Waals surface area contributed by atoms with Gasteiger partial charge in [-0.1, -0.05) is 13.8 Å². The lowest BCUT2D eigenvalue weighted by Gasteiger charge is -2.53. The molecule has 0 amide bonds. The van der Waals surface area contributed by atoms with Gasteiger partial charge in [-0.3, -0.25) is 0 Å². The lowest BCUT2D eigenvalue weighted by Crippen LogP contribution is -2.73. The number of hydrogen-bond donors (Lipinski definition) is 0. The summed E-state index contributed by atoms with van der Waals surface area (Å²) >= 11 is 0. The van der Waals surface area contributed by atoms with Crippen LogP contribution in [0.4, 0.5) is 70.2 Å². The second kappa shape index (κ2) is 11.4. The van der Waals surface area contributed by atoms with Crippen LogP contribution in [0, 0.1) is 35.0 Å². The maximum atomic E-state index is 15.1. The molecule has 0 aromatic rings. The van der Waals surface area contributed by atoms with Crippen LogP contribution in [0.15, 0.2) is 0 Å². The molecular weight excluding hydrogens is 680 g/mol. The molecule has 46 heavy (non-hydrogen) atoms. The minimum Gasteiger partial charge on any atom is -0.382 e. The van der Waals surface area contributed by atoms with E-state index in [1.54, 1.807) is 0 Å². The molecule has 6 atom stereocenters. The van der Waals surface area contributed by atoms with Crippen molar-refractivity contribution in [1.29, 1.82) is 0 Å². The highest BCUT2D eigenvalue weighted by Crippen LogP contribution is 2.76. The number of fused-ring (bicyclic) bond motifs is 2. The fraction of sp³-hybridized carbons (Fsp3) is 1.00. The monoisotopic (exact) mass is 712 g/mol. The van der Waals surface area contributed by atoms with E-state index in [2.05, 4.69) is 14.2 Å². The summed E-state index contributed by atoms with van der Waals surface area (Å²) in [6.45, 7) is -0.184. The molecule has 3 aliphatic rings. The van der Waals surface area contributed by atoms with Crippen molar-refractivity contribution < 1.29 is 89.2 Å². The second-order valence-electron chi connectivity index (χ2n) is 12.8. The van der Waals surface area contributed by atoms with Crippen molar-refractivity contribution in [2.24, 2.45) is 35.0 Å². The maximum Gasteiger partial charge on any atom is 0.456 e. The average molecular weight is 713 g/mol. The third-order valence-corrected chi connectivity index (χ3v) is 10.3. The van der Waals surface area contributed by atoms with E-state index < -0.39 is 121 Å². The summed E-state index contributed by atoms with van der Waals surface area (Å²) < 4.78 is 249. The molecule has 1 saturated heterocycles. The Balaban J connectivity index is 2.25. The Labute approximate surface area is 252 Å². The summed E-state index contributed by atoms with van der Waals surface area (Å²) in [4.78, 5) is 0. The van der Waals surface area contributed by atoms with Crippen molar-refractivity contribution in [1.82, 2.24) is 0 Å². The van der Waals surface area contributed by atoms with Crippen LogP contribution in [0.5, 0.6) is 0 Å². The maximum absolute atomic E-state index is 15.1. The van der Waals surface area contributed by atoms with E-state index in [0.717, 1.165) is 14.0 Å². The molecule has 0 N–H and O–H groups in total. The topological polar surface area (TPSA) is 36.9 Å². The molecule has 20 heteroatoms. The van der Waals surface area contributed by atoms with Gasteiger partial charge in [0, 0.05) is 18.4 Å². The van der Waals surface area contributed by atoms with Crippen molar-refractivity contribution in [3.63, 3.8) is 0 Å². The Morgan fingerprint density at radius 3 is 1.59 bits per heavy atom. The van der Waals surface area contributed by atoms with Crippen LogP contribution >= 0.6 is 0 Å². The first-order valence-electron chi connectivity index (χ1n) is 13.8. The van der Waals surface area contributed by atoms with Gasteiger partial charge in [0.1, 0.15) is 6.79 Å². The Morgan fingerprint density at radius 1 is 0.696 bits per heavy atom. The van der Waals surface area contributed by atoms with E-state index in [4.69, 9.17) is 4.74 Å². The van der Waals surface area contributed by atoms with Crippen LogP contribution in [-0.4, -0.2) is 80.5 Å². The molecular formula is C26H32F16O4. The fourth-order valence-electron chi connectivity index (χ4n) is 8.79. The number of rotatable bonds is 10. The van der Waals surface area contributed by atoms with Crippen LogP contribution < -0.4 is 0 Å². The van der Waals surface area contributed by atoms with Crippen LogP contribution in [0.1, 0.15) is 47.0 Å². The molecule has 0 radical (unpaired) electrons. The molecule has 3 fully saturated rings. The standard InChI is InChI=1S/C26H32F16O4/c1-12-15(14-6-7-18(12,10-14)20(23(31,32)33,24(34,35)36)45-11-44-9-8-43-5)16-13(2)19(46-17(16,3)4,21(27,28)25(37,38)39)22(29,30)26(40,41)42/h12-16H,6-11H2,1-5H3. The highest BCUT2D eigenvalue weighted by molar-refractivity contribution is 5.25. The first-order chi connectivity index (χ1) is 20.4. The number of ether oxygens (including phenoxy) is 4. The zero-order valence-corrected chi connectivity index (χ0v) is 24.8. The SMILES string of the molecule is COCCOCOC(C(F)(F)F)(C(F)(F)F)C12CCC(C1)C(C1C(C)C(C(F)(F)C(F)(F)F)(C(F)(F)C(F)(F)F)OC1(C)C)C2C. The van der Waals surface area contributed by atoms with Gasteiger partial charge in [0.05, 0.1) is 18.8 Å². The number of hydrogen-bond acceptors (Lipinski definition) is 4. The molecule has 272 valence electrons. The summed E-state index contributed by atoms with van der Waals surface area (Å²) in [6.07, 6.45) is -29.1. The number of alkyl halides is 16. The smallest absolute Gasteiger partial charge is 0.382 e. The Morgan fingerprint density at radius 2 is 1.17 bits per heavy atom. The van der Waals surface area contributed by atoms with Crippen molar-refractivity contribution in [2.45, 2.75) is 100 Å². The molecule has 4 nitrogen and oxygen atoms in total. The predicted molar refractivity (Wildman–Crippen MR) is 124 cm³/mol. The summed E-state index contributed by atoms with van der Waals surface area (Å²) in [5.74, 6) is -24.4. The van der Waals surface area contributed by atoms with Crippen molar-refractivity contribution in [2.75, 3.05) is 27.1 Å². The highest BCUT2D eigenvalue weighted by atomic mass is 19.4. The fourth-order valence-corrected chi connectivity index (χ4v) is 8.79. The molecule has 1 heterocycles. The largest absolute Gasteiger partial charge is 0.456 e. The van der Waals surface area contributed by atoms with E-state index in [9.17, 15) is 52.7 Å². The Bertz CT molecular complexity index is 1060. The van der Waals surface area contributed by atoms with Gasteiger partial charge in [-0.2, -0.15) is 70.2 Å². The summed E-state index contributed by atoms with van der Waals surface area (Å²) in [5, 5.41) is 0. The number of methoxy groups -OCH3 is 1. The first kappa shape index (κ1) is 39.2. The molecule has 6 unspecified atom stereocenters. The van der Waals surface area contributed by atoms with E-state index in [-0.39, 0.29) is 13.5 Å². The molecule has 3 rings (SSSR count). The third-order valence-electron chi connectivity index (χ3n) is 10.3. The van der Waals surface area contributed by atoms with Gasteiger partial charge in [0.25, 0.3) is 5.60 Å². The van der Waals surface area contributed by atoms with Gasteiger partial charge in [0.15, 0.2) is 0 Å². The Kier molecular flexibility index (Phi) is 9.69. The van der Waals surface area contributed by atoms with Crippen LogP contribution in [-0.2, 0) is 18.9 Å². The minimum atomic E-state index is -7.05. The molecule has 2 aliphatic carbocycles. The van der Waals surface area contributed by atoms with Gasteiger partial charge in [-0.05, 0) is 56.8 Å². The zero-order chi connectivity index (χ0) is 36.0. The summed E-state index contributed by atoms with van der Waals surface area (Å²) in [5.41, 5.74) is -16.5. The lowest BCUT2D eigenvalue weighted by atomic mass is 9.55. The van der Waals surface area contributed by atoms with Crippen LogP contribution in [0.25, 0.3) is 0 Å². The van der Waals surface area contributed by atoms with Crippen LogP contribution in [0.2, 0.25) is 0 Å². The quantitative estimate of drug-likeness (QED) is 0.129. The molecule has 2 bridgehead atoms. The van der Waals surface area contributed by atoms with Gasteiger partial charge < -0.3 is 18.9 Å². The van der Waals surface area contributed by atoms with Gasteiger partial charge in [-0.25, -0.2) is 0 Å². The lowest BCUT2D eigenvalue weighted by molar-refractivity contribution is -0.437. The van der Waals surface area contributed by atoms with Crippen molar-refractivity contribution in [3.05, 3.63) is 0 Å². The van der Waals surface area contributed by atoms with Crippen molar-refractivity contribution >= 4 is 0 Å². The number of halogens is 16. The van der Waals surface area contributed by atoms with Crippen LogP contribution in [0.3, 0.4) is 0 Å². The summed E-state index contributed by atoms with van der Waals surface area (Å²) in [7, 11) is 1.15. The molecule has 0 spiro atoms. The Hall–Kier alpha value is -1.28. The van der Waals surface area contributed by atoms with E-state index >= 15 is 17.6 Å². The minimum absolute atomic E-state index is 0.186. The zero-order valence-electron chi connectivity index (χ0n) is 24.8. The average Bonchev–Trinajstić information content (AvgIpc) is 3.46. The molecule has 1 aliphatic heterocycles. The third kappa shape index (κ3) is 5.10. The summed E-state index contributed by atoms with van der Waals surface area (Å²) in [6, 6.07) is 0. The van der Waals surface area contributed by atoms with Gasteiger partial charge in [-0.15, -0.1) is 0 Å². The molecule has 0 aromatic carbocycles. The van der Waals surface area contributed by atoms with E-state index in [1.807, 2.05) is 0 Å². The van der Waals surface area contributed by atoms with E-state index in [0.29, 0.717) is 13.8 Å². The van der Waals surface area contributed by atoms with Gasteiger partial charge >= 0.3 is 36.6 Å². The van der Waals surface area contributed by atoms with E-state index in [1.165, 1.54) is 0 Å². The van der Waals surface area contributed by atoms with Crippen molar-refractivity contribution in [3.8, 4) is 0 Å². The highest BCUT2D eigenvalue weighted by Gasteiger charge is 2.92. The first-order valence-corrected chi connectivity index (χ1v) is 13.8. The molecule has 0 aromatic heterocycles. The normalized spacial score (nSPS) is 32.4.